The third-order valence-corrected chi connectivity index (χ3v) is 3.92. The van der Waals surface area contributed by atoms with Crippen molar-refractivity contribution < 1.29 is 9.50 Å². The Balaban J connectivity index is 1.73. The molecule has 132 valence electrons. The Morgan fingerprint density at radius 1 is 0.885 bits per heavy atom. The number of rotatable bonds is 6. The van der Waals surface area contributed by atoms with Crippen LogP contribution in [0.4, 0.5) is 4.39 Å². The van der Waals surface area contributed by atoms with Crippen LogP contribution in [0.25, 0.3) is 5.69 Å². The topological polar surface area (TPSA) is 112 Å². The third kappa shape index (κ3) is 3.07. The molecule has 0 aliphatic carbocycles. The maximum absolute atomic E-state index is 14.9. The lowest BCUT2D eigenvalue weighted by Gasteiger charge is -2.28. The zero-order valence-electron chi connectivity index (χ0n) is 13.5. The maximum Gasteiger partial charge on any atom is 0.138 e. The van der Waals surface area contributed by atoms with Gasteiger partial charge in [-0.2, -0.15) is 15.3 Å². The number of hydrogen-bond donors (Lipinski definition) is 1. The van der Waals surface area contributed by atoms with Crippen molar-refractivity contribution in [3.05, 3.63) is 67.5 Å². The molecular formula is C15H14FN9O. The van der Waals surface area contributed by atoms with Crippen LogP contribution < -0.4 is 0 Å². The van der Waals surface area contributed by atoms with Crippen molar-refractivity contribution in [3.8, 4) is 5.69 Å². The maximum atomic E-state index is 14.9. The fourth-order valence-corrected chi connectivity index (χ4v) is 2.75. The Morgan fingerprint density at radius 3 is 2.00 bits per heavy atom. The molecule has 3 aromatic heterocycles. The van der Waals surface area contributed by atoms with E-state index in [-0.39, 0.29) is 18.7 Å². The van der Waals surface area contributed by atoms with E-state index in [1.165, 1.54) is 64.1 Å². The predicted octanol–water partition coefficient (Wildman–Crippen LogP) is 0.177. The summed E-state index contributed by atoms with van der Waals surface area (Å²) in [5.74, 6) is -0.583. The Morgan fingerprint density at radius 2 is 1.50 bits per heavy atom. The third-order valence-electron chi connectivity index (χ3n) is 3.92. The summed E-state index contributed by atoms with van der Waals surface area (Å²) in [5, 5.41) is 23.2. The van der Waals surface area contributed by atoms with E-state index in [1.54, 1.807) is 6.07 Å². The van der Waals surface area contributed by atoms with Crippen LogP contribution in [-0.2, 0) is 18.7 Å². The first kappa shape index (κ1) is 16.0. The number of halogens is 1. The smallest absolute Gasteiger partial charge is 0.138 e. The van der Waals surface area contributed by atoms with Crippen LogP contribution in [0, 0.1) is 5.82 Å². The highest BCUT2D eigenvalue weighted by atomic mass is 19.1. The van der Waals surface area contributed by atoms with Gasteiger partial charge in [-0.3, -0.25) is 0 Å². The molecule has 0 unspecified atom stereocenters. The predicted molar refractivity (Wildman–Crippen MR) is 85.3 cm³/mol. The van der Waals surface area contributed by atoms with Gasteiger partial charge in [0.15, 0.2) is 0 Å². The van der Waals surface area contributed by atoms with E-state index >= 15 is 0 Å². The lowest BCUT2D eigenvalue weighted by atomic mass is 9.92. The van der Waals surface area contributed by atoms with Crippen LogP contribution in [0.3, 0.4) is 0 Å². The molecule has 1 aromatic carbocycles. The van der Waals surface area contributed by atoms with Crippen LogP contribution in [0.2, 0.25) is 0 Å². The summed E-state index contributed by atoms with van der Waals surface area (Å²) in [6, 6.07) is 4.46. The zero-order valence-corrected chi connectivity index (χ0v) is 13.5. The summed E-state index contributed by atoms with van der Waals surface area (Å²) in [5.41, 5.74) is -1.02. The molecule has 0 atom stereocenters. The SMILES string of the molecule is OC(Cn1cncn1)(Cn1cncn1)c1ccc(-n2cncn2)cc1F. The summed E-state index contributed by atoms with van der Waals surface area (Å²) in [6.07, 6.45) is 8.42. The van der Waals surface area contributed by atoms with Gasteiger partial charge in [0.05, 0.1) is 18.8 Å². The van der Waals surface area contributed by atoms with Crippen LogP contribution in [0.1, 0.15) is 5.56 Å². The van der Waals surface area contributed by atoms with Gasteiger partial charge in [-0.05, 0) is 12.1 Å². The summed E-state index contributed by atoms with van der Waals surface area (Å²) in [6.45, 7) is -0.0150. The van der Waals surface area contributed by atoms with Crippen LogP contribution >= 0.6 is 0 Å². The zero-order chi connectivity index (χ0) is 18.0. The number of aromatic nitrogens is 9. The van der Waals surface area contributed by atoms with E-state index in [0.717, 1.165) is 0 Å². The Hall–Kier alpha value is -3.47. The first-order valence-corrected chi connectivity index (χ1v) is 7.66. The van der Waals surface area contributed by atoms with Crippen molar-refractivity contribution in [2.24, 2.45) is 0 Å². The van der Waals surface area contributed by atoms with Gasteiger partial charge >= 0.3 is 0 Å². The van der Waals surface area contributed by atoms with Gasteiger partial charge in [-0.25, -0.2) is 33.4 Å². The quantitative estimate of drug-likeness (QED) is 0.525. The molecule has 0 aliphatic heterocycles. The van der Waals surface area contributed by atoms with Crippen molar-refractivity contribution in [1.29, 1.82) is 0 Å². The van der Waals surface area contributed by atoms with Crippen LogP contribution in [0.5, 0.6) is 0 Å². The molecule has 26 heavy (non-hydrogen) atoms. The van der Waals surface area contributed by atoms with Crippen molar-refractivity contribution in [3.63, 3.8) is 0 Å². The number of hydrogen-bond acceptors (Lipinski definition) is 7. The first-order valence-electron chi connectivity index (χ1n) is 7.66. The minimum absolute atomic E-state index is 0.00749. The Bertz CT molecular complexity index is 931. The van der Waals surface area contributed by atoms with Crippen molar-refractivity contribution in [2.45, 2.75) is 18.7 Å². The molecule has 0 spiro atoms. The van der Waals surface area contributed by atoms with Gasteiger partial charge in [-0.15, -0.1) is 0 Å². The second kappa shape index (κ2) is 6.44. The van der Waals surface area contributed by atoms with E-state index in [4.69, 9.17) is 0 Å². The molecular weight excluding hydrogens is 341 g/mol. The number of benzene rings is 1. The number of aliphatic hydroxyl groups is 1. The molecule has 4 rings (SSSR count). The Labute approximate surface area is 146 Å². The van der Waals surface area contributed by atoms with E-state index in [1.807, 2.05) is 0 Å². The molecule has 0 fully saturated rings. The van der Waals surface area contributed by atoms with Crippen LogP contribution in [-0.4, -0.2) is 49.4 Å². The Kier molecular flexibility index (Phi) is 3.97. The minimum atomic E-state index is -1.62. The molecule has 4 aromatic rings. The van der Waals surface area contributed by atoms with Gasteiger partial charge in [0.2, 0.25) is 0 Å². The molecule has 0 saturated heterocycles. The van der Waals surface area contributed by atoms with Crippen molar-refractivity contribution in [2.75, 3.05) is 0 Å². The molecule has 10 nitrogen and oxygen atoms in total. The van der Waals surface area contributed by atoms with Crippen molar-refractivity contribution in [1.82, 2.24) is 44.3 Å². The summed E-state index contributed by atoms with van der Waals surface area (Å²) in [4.78, 5) is 11.6. The van der Waals surface area contributed by atoms with E-state index in [9.17, 15) is 9.50 Å². The van der Waals surface area contributed by atoms with E-state index < -0.39 is 11.4 Å². The minimum Gasteiger partial charge on any atom is -0.381 e. The van der Waals surface area contributed by atoms with Crippen molar-refractivity contribution >= 4 is 0 Å². The number of nitrogens with zero attached hydrogens (tertiary/aromatic N) is 9. The highest BCUT2D eigenvalue weighted by Gasteiger charge is 2.34. The fourth-order valence-electron chi connectivity index (χ4n) is 2.75. The first-order chi connectivity index (χ1) is 12.6. The van der Waals surface area contributed by atoms with Gasteiger partial charge in [0.25, 0.3) is 0 Å². The molecule has 0 saturated carbocycles. The molecule has 0 aliphatic rings. The van der Waals surface area contributed by atoms with E-state index in [0.29, 0.717) is 5.69 Å². The largest absolute Gasteiger partial charge is 0.381 e. The highest BCUT2D eigenvalue weighted by molar-refractivity contribution is 5.37. The highest BCUT2D eigenvalue weighted by Crippen LogP contribution is 2.29. The monoisotopic (exact) mass is 355 g/mol. The summed E-state index contributed by atoms with van der Waals surface area (Å²) >= 11 is 0. The summed E-state index contributed by atoms with van der Waals surface area (Å²) < 4.78 is 19.2. The lowest BCUT2D eigenvalue weighted by Crippen LogP contribution is -2.37. The lowest BCUT2D eigenvalue weighted by molar-refractivity contribution is -0.00847. The summed E-state index contributed by atoms with van der Waals surface area (Å²) in [7, 11) is 0. The second-order valence-electron chi connectivity index (χ2n) is 5.72. The second-order valence-corrected chi connectivity index (χ2v) is 5.72. The molecule has 1 N–H and O–H groups in total. The molecule has 0 amide bonds. The average Bonchev–Trinajstić information content (AvgIpc) is 3.38. The normalized spacial score (nSPS) is 11.8. The molecule has 0 radical (unpaired) electrons. The van der Waals surface area contributed by atoms with Gasteiger partial charge < -0.3 is 5.11 Å². The van der Waals surface area contributed by atoms with Gasteiger partial charge in [0, 0.05) is 5.56 Å². The van der Waals surface area contributed by atoms with Crippen LogP contribution in [0.15, 0.2) is 56.2 Å². The molecule has 3 heterocycles. The average molecular weight is 355 g/mol. The van der Waals surface area contributed by atoms with Gasteiger partial charge in [-0.1, -0.05) is 6.07 Å². The fraction of sp³-hybridized carbons (Fsp3) is 0.200. The van der Waals surface area contributed by atoms with E-state index in [2.05, 4.69) is 30.2 Å². The molecule has 0 bridgehead atoms. The standard InChI is InChI=1S/C15H14FN9O/c16-14-3-12(25-11-19-8-22-25)1-2-13(14)15(26,4-23-9-17-6-20-23)5-24-10-18-7-21-24/h1-3,6-11,26H,4-5H2. The van der Waals surface area contributed by atoms with Gasteiger partial charge in [0.1, 0.15) is 49.4 Å². The molecule has 11 heteroatoms.